The molecule has 1 saturated carbocycles. The fraction of sp³-hybridized carbons (Fsp3) is 0.500. The number of aliphatic hydroxyl groups is 1. The molecule has 0 atom stereocenters. The smallest absolute Gasteiger partial charge is 0.387 e. The van der Waals surface area contributed by atoms with Gasteiger partial charge in [0.15, 0.2) is 11.6 Å². The zero-order chi connectivity index (χ0) is 14.0. The lowest BCUT2D eigenvalue weighted by Crippen LogP contribution is -2.43. The SMILES string of the molecule is Nc1cc(F)c(OC(F)F)cc1NCC1(O)CCC1. The molecule has 1 aliphatic carbocycles. The molecule has 1 aliphatic rings. The highest BCUT2D eigenvalue weighted by Crippen LogP contribution is 2.34. The normalized spacial score (nSPS) is 17.1. The van der Waals surface area contributed by atoms with Crippen molar-refractivity contribution in [3.05, 3.63) is 17.9 Å². The summed E-state index contributed by atoms with van der Waals surface area (Å²) in [5, 5.41) is 12.7. The molecule has 0 bridgehead atoms. The highest BCUT2D eigenvalue weighted by Gasteiger charge is 2.34. The first-order valence-electron chi connectivity index (χ1n) is 5.90. The third-order valence-electron chi connectivity index (χ3n) is 3.21. The van der Waals surface area contributed by atoms with Gasteiger partial charge in [-0.05, 0) is 19.3 Å². The summed E-state index contributed by atoms with van der Waals surface area (Å²) in [6, 6.07) is 1.98. The van der Waals surface area contributed by atoms with Gasteiger partial charge in [0.2, 0.25) is 0 Å². The molecule has 0 aromatic heterocycles. The molecule has 2 rings (SSSR count). The van der Waals surface area contributed by atoms with Crippen molar-refractivity contribution in [2.75, 3.05) is 17.6 Å². The van der Waals surface area contributed by atoms with Gasteiger partial charge < -0.3 is 20.9 Å². The van der Waals surface area contributed by atoms with Crippen LogP contribution in [0.15, 0.2) is 12.1 Å². The number of halogens is 3. The van der Waals surface area contributed by atoms with E-state index < -0.39 is 23.8 Å². The molecule has 7 heteroatoms. The third kappa shape index (κ3) is 3.23. The van der Waals surface area contributed by atoms with E-state index in [1.807, 2.05) is 0 Å². The number of ether oxygens (including phenoxy) is 1. The summed E-state index contributed by atoms with van der Waals surface area (Å²) >= 11 is 0. The van der Waals surface area contributed by atoms with Crippen molar-refractivity contribution in [3.8, 4) is 5.75 Å². The number of hydrogen-bond acceptors (Lipinski definition) is 4. The molecule has 19 heavy (non-hydrogen) atoms. The summed E-state index contributed by atoms with van der Waals surface area (Å²) in [5.74, 6) is -1.53. The van der Waals surface area contributed by atoms with E-state index in [1.165, 1.54) is 0 Å². The maximum absolute atomic E-state index is 13.3. The standard InChI is InChI=1S/C12H15F3N2O2/c13-7-4-8(16)9(5-10(7)19-11(14)15)17-6-12(18)2-1-3-12/h4-5,11,17-18H,1-3,6,16H2. The lowest BCUT2D eigenvalue weighted by molar-refractivity contribution is -0.0521. The number of rotatable bonds is 5. The van der Waals surface area contributed by atoms with E-state index in [4.69, 9.17) is 5.73 Å². The molecule has 0 spiro atoms. The van der Waals surface area contributed by atoms with Gasteiger partial charge in [0.05, 0.1) is 17.0 Å². The van der Waals surface area contributed by atoms with Crippen molar-refractivity contribution in [2.24, 2.45) is 0 Å². The highest BCUT2D eigenvalue weighted by molar-refractivity contribution is 5.68. The largest absolute Gasteiger partial charge is 0.432 e. The van der Waals surface area contributed by atoms with Crippen molar-refractivity contribution in [2.45, 2.75) is 31.5 Å². The average molecular weight is 276 g/mol. The van der Waals surface area contributed by atoms with Gasteiger partial charge in [0, 0.05) is 18.7 Å². The summed E-state index contributed by atoms with van der Waals surface area (Å²) in [7, 11) is 0. The molecule has 106 valence electrons. The summed E-state index contributed by atoms with van der Waals surface area (Å²) in [5.41, 5.74) is 5.11. The Morgan fingerprint density at radius 3 is 2.63 bits per heavy atom. The van der Waals surface area contributed by atoms with Gasteiger partial charge in [-0.25, -0.2) is 4.39 Å². The molecular weight excluding hydrogens is 261 g/mol. The number of nitrogen functional groups attached to an aromatic ring is 1. The predicted octanol–water partition coefficient (Wildman–Crippen LogP) is 2.34. The number of hydrogen-bond donors (Lipinski definition) is 3. The summed E-state index contributed by atoms with van der Waals surface area (Å²) in [6.07, 6.45) is 2.28. The van der Waals surface area contributed by atoms with Crippen LogP contribution in [0.3, 0.4) is 0 Å². The number of benzene rings is 1. The molecule has 1 aromatic rings. The number of alkyl halides is 2. The van der Waals surface area contributed by atoms with E-state index in [1.54, 1.807) is 0 Å². The molecule has 4 nitrogen and oxygen atoms in total. The summed E-state index contributed by atoms with van der Waals surface area (Å²) < 4.78 is 41.6. The summed E-state index contributed by atoms with van der Waals surface area (Å²) in [4.78, 5) is 0. The Labute approximate surface area is 108 Å². The second-order valence-electron chi connectivity index (χ2n) is 4.68. The topological polar surface area (TPSA) is 67.5 Å². The maximum atomic E-state index is 13.3. The lowest BCUT2D eigenvalue weighted by atomic mass is 9.80. The second kappa shape index (κ2) is 5.16. The van der Waals surface area contributed by atoms with Crippen LogP contribution in [-0.2, 0) is 0 Å². The van der Waals surface area contributed by atoms with Gasteiger partial charge in [0.1, 0.15) is 0 Å². The van der Waals surface area contributed by atoms with Crippen LogP contribution in [0.1, 0.15) is 19.3 Å². The Kier molecular flexibility index (Phi) is 3.75. The van der Waals surface area contributed by atoms with Crippen LogP contribution in [0, 0.1) is 5.82 Å². The van der Waals surface area contributed by atoms with Crippen LogP contribution in [0.25, 0.3) is 0 Å². The molecule has 0 unspecified atom stereocenters. The van der Waals surface area contributed by atoms with Crippen LogP contribution in [0.2, 0.25) is 0 Å². The molecule has 0 radical (unpaired) electrons. The van der Waals surface area contributed by atoms with E-state index >= 15 is 0 Å². The monoisotopic (exact) mass is 276 g/mol. The van der Waals surface area contributed by atoms with Crippen molar-refractivity contribution in [3.63, 3.8) is 0 Å². The van der Waals surface area contributed by atoms with Crippen molar-refractivity contribution in [1.29, 1.82) is 0 Å². The Morgan fingerprint density at radius 1 is 1.42 bits per heavy atom. The molecule has 0 aliphatic heterocycles. The molecule has 1 fully saturated rings. The Morgan fingerprint density at radius 2 is 2.11 bits per heavy atom. The van der Waals surface area contributed by atoms with Gasteiger partial charge in [-0.15, -0.1) is 0 Å². The first kappa shape index (κ1) is 13.8. The molecular formula is C12H15F3N2O2. The van der Waals surface area contributed by atoms with Gasteiger partial charge in [-0.3, -0.25) is 0 Å². The van der Waals surface area contributed by atoms with Crippen LogP contribution in [0.4, 0.5) is 24.5 Å². The quantitative estimate of drug-likeness (QED) is 0.722. The average Bonchev–Trinajstić information content (AvgIpc) is 2.28. The third-order valence-corrected chi connectivity index (χ3v) is 3.21. The van der Waals surface area contributed by atoms with Gasteiger partial charge >= 0.3 is 6.61 Å². The van der Waals surface area contributed by atoms with E-state index in [-0.39, 0.29) is 17.9 Å². The number of nitrogens with one attached hydrogen (secondary N) is 1. The van der Waals surface area contributed by atoms with E-state index in [0.29, 0.717) is 12.8 Å². The van der Waals surface area contributed by atoms with Crippen molar-refractivity contribution < 1.29 is 23.0 Å². The van der Waals surface area contributed by atoms with Crippen LogP contribution >= 0.6 is 0 Å². The van der Waals surface area contributed by atoms with Gasteiger partial charge in [0.25, 0.3) is 0 Å². The van der Waals surface area contributed by atoms with Crippen molar-refractivity contribution >= 4 is 11.4 Å². The molecule has 1 aromatic carbocycles. The second-order valence-corrected chi connectivity index (χ2v) is 4.68. The van der Waals surface area contributed by atoms with Crippen LogP contribution in [-0.4, -0.2) is 23.9 Å². The molecule has 0 amide bonds. The Balaban J connectivity index is 2.10. The Bertz CT molecular complexity index is 465. The van der Waals surface area contributed by atoms with Gasteiger partial charge in [-0.1, -0.05) is 0 Å². The minimum absolute atomic E-state index is 0.0713. The first-order chi connectivity index (χ1) is 8.89. The zero-order valence-corrected chi connectivity index (χ0v) is 10.1. The molecule has 4 N–H and O–H groups in total. The number of anilines is 2. The predicted molar refractivity (Wildman–Crippen MR) is 64.7 cm³/mol. The minimum atomic E-state index is -3.11. The Hall–Kier alpha value is -1.63. The molecule has 0 saturated heterocycles. The van der Waals surface area contributed by atoms with E-state index in [0.717, 1.165) is 18.6 Å². The van der Waals surface area contributed by atoms with E-state index in [9.17, 15) is 18.3 Å². The number of nitrogens with two attached hydrogens (primary N) is 1. The summed E-state index contributed by atoms with van der Waals surface area (Å²) in [6.45, 7) is -2.88. The molecule has 0 heterocycles. The van der Waals surface area contributed by atoms with Crippen molar-refractivity contribution in [1.82, 2.24) is 0 Å². The lowest BCUT2D eigenvalue weighted by Gasteiger charge is -2.37. The fourth-order valence-electron chi connectivity index (χ4n) is 1.93. The minimum Gasteiger partial charge on any atom is -0.432 e. The van der Waals surface area contributed by atoms with Gasteiger partial charge in [-0.2, -0.15) is 8.78 Å². The van der Waals surface area contributed by atoms with Crippen LogP contribution < -0.4 is 15.8 Å². The maximum Gasteiger partial charge on any atom is 0.387 e. The zero-order valence-electron chi connectivity index (χ0n) is 10.1. The van der Waals surface area contributed by atoms with Crippen LogP contribution in [0.5, 0.6) is 5.75 Å². The highest BCUT2D eigenvalue weighted by atomic mass is 19.3. The van der Waals surface area contributed by atoms with E-state index in [2.05, 4.69) is 10.1 Å². The fourth-order valence-corrected chi connectivity index (χ4v) is 1.93. The first-order valence-corrected chi connectivity index (χ1v) is 5.90.